The molecular formula is C16H20N2O3. The van der Waals surface area contributed by atoms with E-state index in [1.807, 2.05) is 23.6 Å². The molecule has 3 N–H and O–H groups in total. The fraction of sp³-hybridized carbons (Fsp3) is 0.312. The number of carbonyl (C=O) groups is 1. The van der Waals surface area contributed by atoms with Crippen molar-refractivity contribution in [3.8, 4) is 0 Å². The Morgan fingerprint density at radius 2 is 2.10 bits per heavy atom. The van der Waals surface area contributed by atoms with Gasteiger partial charge in [0, 0.05) is 12.2 Å². The maximum atomic E-state index is 11.3. The van der Waals surface area contributed by atoms with E-state index in [-0.39, 0.29) is 5.76 Å². The number of hydrogen-bond acceptors (Lipinski definition) is 4. The summed E-state index contributed by atoms with van der Waals surface area (Å²) in [6.45, 7) is 2.90. The summed E-state index contributed by atoms with van der Waals surface area (Å²) in [4.78, 5) is 11.3. The van der Waals surface area contributed by atoms with Crippen LogP contribution < -0.4 is 11.3 Å². The summed E-state index contributed by atoms with van der Waals surface area (Å²) in [5, 5.41) is 0. The van der Waals surface area contributed by atoms with E-state index >= 15 is 0 Å². The van der Waals surface area contributed by atoms with Gasteiger partial charge in [-0.3, -0.25) is 10.2 Å². The van der Waals surface area contributed by atoms with E-state index in [1.165, 1.54) is 5.56 Å². The molecule has 2 aromatic rings. The van der Waals surface area contributed by atoms with E-state index in [4.69, 9.17) is 15.0 Å². The lowest BCUT2D eigenvalue weighted by Crippen LogP contribution is -2.29. The van der Waals surface area contributed by atoms with Crippen molar-refractivity contribution in [3.05, 3.63) is 59.0 Å². The maximum Gasteiger partial charge on any atom is 0.300 e. The molecule has 1 amide bonds. The molecule has 2 rings (SSSR count). The largest absolute Gasteiger partial charge is 0.456 e. The van der Waals surface area contributed by atoms with Crippen LogP contribution in [-0.4, -0.2) is 12.5 Å². The standard InChI is InChI=1S/C16H20N2O3/c1-12-14(10-15(21-12)16(19)18-17)11-20-9-5-8-13-6-3-2-4-7-13/h2-4,6-7,10H,5,8-9,11,17H2,1H3,(H,18,19). The third-order valence-electron chi connectivity index (χ3n) is 3.23. The molecule has 0 aliphatic carbocycles. The van der Waals surface area contributed by atoms with Gasteiger partial charge >= 0.3 is 5.91 Å². The second kappa shape index (κ2) is 7.61. The Morgan fingerprint density at radius 1 is 1.33 bits per heavy atom. The second-order valence-electron chi connectivity index (χ2n) is 4.81. The van der Waals surface area contributed by atoms with Crippen molar-refractivity contribution < 1.29 is 13.9 Å². The number of carbonyl (C=O) groups excluding carboxylic acids is 1. The van der Waals surface area contributed by atoms with Crippen molar-refractivity contribution in [2.45, 2.75) is 26.4 Å². The van der Waals surface area contributed by atoms with Gasteiger partial charge in [-0.25, -0.2) is 5.84 Å². The Labute approximate surface area is 124 Å². The molecule has 21 heavy (non-hydrogen) atoms. The van der Waals surface area contributed by atoms with Crippen LogP contribution >= 0.6 is 0 Å². The van der Waals surface area contributed by atoms with Crippen LogP contribution in [0.1, 0.15) is 33.9 Å². The number of hydrogen-bond donors (Lipinski definition) is 2. The van der Waals surface area contributed by atoms with Crippen LogP contribution in [0.3, 0.4) is 0 Å². The van der Waals surface area contributed by atoms with Gasteiger partial charge in [-0.2, -0.15) is 0 Å². The number of nitrogens with two attached hydrogens (primary N) is 1. The molecule has 0 spiro atoms. The second-order valence-corrected chi connectivity index (χ2v) is 4.81. The average molecular weight is 288 g/mol. The monoisotopic (exact) mass is 288 g/mol. The van der Waals surface area contributed by atoms with E-state index in [2.05, 4.69) is 12.1 Å². The van der Waals surface area contributed by atoms with E-state index in [0.29, 0.717) is 19.0 Å². The average Bonchev–Trinajstić information content (AvgIpc) is 2.88. The van der Waals surface area contributed by atoms with Crippen molar-refractivity contribution in [3.63, 3.8) is 0 Å². The van der Waals surface area contributed by atoms with Gasteiger partial charge in [-0.1, -0.05) is 30.3 Å². The predicted molar refractivity (Wildman–Crippen MR) is 79.5 cm³/mol. The van der Waals surface area contributed by atoms with Crippen LogP contribution in [0.2, 0.25) is 0 Å². The molecule has 0 bridgehead atoms. The SMILES string of the molecule is Cc1oc(C(=O)NN)cc1COCCCc1ccccc1. The van der Waals surface area contributed by atoms with Gasteiger partial charge in [-0.05, 0) is 31.4 Å². The van der Waals surface area contributed by atoms with Crippen LogP contribution in [0, 0.1) is 6.92 Å². The number of rotatable bonds is 7. The van der Waals surface area contributed by atoms with E-state index in [0.717, 1.165) is 18.4 Å². The number of hydrazine groups is 1. The molecule has 0 radical (unpaired) electrons. The molecule has 0 saturated heterocycles. The van der Waals surface area contributed by atoms with Gasteiger partial charge in [0.05, 0.1) is 6.61 Å². The minimum atomic E-state index is -0.437. The summed E-state index contributed by atoms with van der Waals surface area (Å²) in [5.41, 5.74) is 4.22. The van der Waals surface area contributed by atoms with Gasteiger partial charge in [0.1, 0.15) is 5.76 Å². The zero-order valence-corrected chi connectivity index (χ0v) is 12.1. The lowest BCUT2D eigenvalue weighted by atomic mass is 10.1. The molecule has 0 fully saturated rings. The molecule has 1 aromatic carbocycles. The summed E-state index contributed by atoms with van der Waals surface area (Å²) in [6.07, 6.45) is 1.95. The molecule has 0 aliphatic heterocycles. The Balaban J connectivity index is 1.74. The molecule has 0 unspecified atom stereocenters. The molecule has 5 heteroatoms. The molecular weight excluding hydrogens is 268 g/mol. The Hall–Kier alpha value is -2.11. The third kappa shape index (κ3) is 4.44. The first-order chi connectivity index (χ1) is 10.2. The Kier molecular flexibility index (Phi) is 5.54. The first-order valence-electron chi connectivity index (χ1n) is 6.92. The summed E-state index contributed by atoms with van der Waals surface area (Å²) in [6, 6.07) is 12.0. The van der Waals surface area contributed by atoms with Crippen LogP contribution in [0.5, 0.6) is 0 Å². The van der Waals surface area contributed by atoms with Gasteiger partial charge in [0.25, 0.3) is 0 Å². The summed E-state index contributed by atoms with van der Waals surface area (Å²) >= 11 is 0. The Bertz CT molecular complexity index is 578. The normalized spacial score (nSPS) is 10.6. The smallest absolute Gasteiger partial charge is 0.300 e. The molecule has 5 nitrogen and oxygen atoms in total. The quantitative estimate of drug-likeness (QED) is 0.355. The van der Waals surface area contributed by atoms with Crippen LogP contribution in [0.25, 0.3) is 0 Å². The van der Waals surface area contributed by atoms with E-state index < -0.39 is 5.91 Å². The van der Waals surface area contributed by atoms with Crippen LogP contribution in [-0.2, 0) is 17.8 Å². The number of benzene rings is 1. The number of ether oxygens (including phenoxy) is 1. The van der Waals surface area contributed by atoms with Crippen molar-refractivity contribution in [1.82, 2.24) is 5.43 Å². The lowest BCUT2D eigenvalue weighted by molar-refractivity contribution is 0.0924. The van der Waals surface area contributed by atoms with E-state index in [9.17, 15) is 4.79 Å². The highest BCUT2D eigenvalue weighted by molar-refractivity contribution is 5.91. The maximum absolute atomic E-state index is 11.3. The highest BCUT2D eigenvalue weighted by Gasteiger charge is 2.13. The molecule has 0 atom stereocenters. The van der Waals surface area contributed by atoms with Crippen molar-refractivity contribution in [2.75, 3.05) is 6.61 Å². The van der Waals surface area contributed by atoms with Gasteiger partial charge < -0.3 is 9.15 Å². The van der Waals surface area contributed by atoms with Gasteiger partial charge in [0.15, 0.2) is 5.76 Å². The third-order valence-corrected chi connectivity index (χ3v) is 3.23. The Morgan fingerprint density at radius 3 is 2.81 bits per heavy atom. The summed E-state index contributed by atoms with van der Waals surface area (Å²) in [5.74, 6) is 5.51. The molecule has 0 aliphatic rings. The zero-order chi connectivity index (χ0) is 15.1. The number of furan rings is 1. The molecule has 1 aromatic heterocycles. The zero-order valence-electron chi connectivity index (χ0n) is 12.1. The van der Waals surface area contributed by atoms with Crippen molar-refractivity contribution in [1.29, 1.82) is 0 Å². The highest BCUT2D eigenvalue weighted by Crippen LogP contribution is 2.15. The van der Waals surface area contributed by atoms with E-state index in [1.54, 1.807) is 13.0 Å². The minimum Gasteiger partial charge on any atom is -0.456 e. The van der Waals surface area contributed by atoms with Gasteiger partial charge in [0.2, 0.25) is 0 Å². The number of nitrogen functional groups attached to an aromatic ring is 1. The molecule has 112 valence electrons. The summed E-state index contributed by atoms with van der Waals surface area (Å²) < 4.78 is 10.9. The first kappa shape index (κ1) is 15.3. The lowest BCUT2D eigenvalue weighted by Gasteiger charge is -2.03. The summed E-state index contributed by atoms with van der Waals surface area (Å²) in [7, 11) is 0. The van der Waals surface area contributed by atoms with Crippen molar-refractivity contribution >= 4 is 5.91 Å². The topological polar surface area (TPSA) is 77.5 Å². The predicted octanol–water partition coefficient (Wildman–Crippen LogP) is 2.34. The molecule has 0 saturated carbocycles. The highest BCUT2D eigenvalue weighted by atomic mass is 16.5. The van der Waals surface area contributed by atoms with Gasteiger partial charge in [-0.15, -0.1) is 0 Å². The number of amides is 1. The van der Waals surface area contributed by atoms with Crippen molar-refractivity contribution in [2.24, 2.45) is 5.84 Å². The minimum absolute atomic E-state index is 0.206. The fourth-order valence-electron chi connectivity index (χ4n) is 2.05. The first-order valence-corrected chi connectivity index (χ1v) is 6.92. The van der Waals surface area contributed by atoms with Crippen LogP contribution in [0.4, 0.5) is 0 Å². The molecule has 1 heterocycles. The number of aryl methyl sites for hydroxylation is 2. The van der Waals surface area contributed by atoms with Crippen LogP contribution in [0.15, 0.2) is 40.8 Å². The number of nitrogens with one attached hydrogen (secondary N) is 1. The fourth-order valence-corrected chi connectivity index (χ4v) is 2.05.